The third-order valence-corrected chi connectivity index (χ3v) is 2.10. The largest absolute Gasteiger partial charge is 0.339 e. The predicted octanol–water partition coefficient (Wildman–Crippen LogP) is 2.61. The van der Waals surface area contributed by atoms with E-state index in [1.807, 2.05) is 0 Å². The van der Waals surface area contributed by atoms with Crippen LogP contribution in [0.4, 0.5) is 5.69 Å². The second-order valence-electron chi connectivity index (χ2n) is 3.09. The van der Waals surface area contributed by atoms with Gasteiger partial charge in [0, 0.05) is 29.6 Å². The van der Waals surface area contributed by atoms with Crippen LogP contribution in [0.25, 0.3) is 11.4 Å². The van der Waals surface area contributed by atoms with E-state index in [-0.39, 0.29) is 16.5 Å². The third-order valence-electron chi connectivity index (χ3n) is 1.88. The summed E-state index contributed by atoms with van der Waals surface area (Å²) in [5.41, 5.74) is 0.348. The molecule has 0 atom stereocenters. The summed E-state index contributed by atoms with van der Waals surface area (Å²) in [6.07, 6.45) is 0. The molecule has 7 heteroatoms. The van der Waals surface area contributed by atoms with E-state index in [2.05, 4.69) is 10.1 Å². The molecule has 82 valence electrons. The van der Waals surface area contributed by atoms with Crippen LogP contribution in [0.1, 0.15) is 5.89 Å². The molecule has 0 radical (unpaired) electrons. The van der Waals surface area contributed by atoms with Crippen molar-refractivity contribution in [1.29, 1.82) is 0 Å². The van der Waals surface area contributed by atoms with Crippen LogP contribution in [-0.4, -0.2) is 15.1 Å². The zero-order valence-electron chi connectivity index (χ0n) is 8.18. The number of halogens is 1. The van der Waals surface area contributed by atoms with E-state index in [4.69, 9.17) is 16.1 Å². The first kappa shape index (κ1) is 10.6. The quantitative estimate of drug-likeness (QED) is 0.594. The lowest BCUT2D eigenvalue weighted by Gasteiger charge is -1.96. The van der Waals surface area contributed by atoms with Crippen molar-refractivity contribution in [2.75, 3.05) is 0 Å². The molecule has 2 aromatic rings. The zero-order valence-corrected chi connectivity index (χ0v) is 8.93. The van der Waals surface area contributed by atoms with E-state index >= 15 is 0 Å². The maximum absolute atomic E-state index is 10.6. The molecule has 6 nitrogen and oxygen atoms in total. The topological polar surface area (TPSA) is 82.1 Å². The Kier molecular flexibility index (Phi) is 2.57. The number of rotatable bonds is 2. The minimum Gasteiger partial charge on any atom is -0.339 e. The second kappa shape index (κ2) is 3.90. The second-order valence-corrected chi connectivity index (χ2v) is 3.53. The smallest absolute Gasteiger partial charge is 0.271 e. The van der Waals surface area contributed by atoms with Gasteiger partial charge in [-0.05, 0) is 6.07 Å². The van der Waals surface area contributed by atoms with Crippen molar-refractivity contribution >= 4 is 17.3 Å². The fourth-order valence-electron chi connectivity index (χ4n) is 1.23. The van der Waals surface area contributed by atoms with Gasteiger partial charge in [0.15, 0.2) is 0 Å². The zero-order chi connectivity index (χ0) is 11.7. The standard InChI is InChI=1S/C9H6ClN3O3/c1-5-11-9(12-16-5)6-2-7(10)4-8(3-6)13(14)15/h2-4H,1H3. The summed E-state index contributed by atoms with van der Waals surface area (Å²) in [5.74, 6) is 0.667. The van der Waals surface area contributed by atoms with E-state index in [1.165, 1.54) is 12.1 Å². The highest BCUT2D eigenvalue weighted by Gasteiger charge is 2.13. The first-order chi connectivity index (χ1) is 7.56. The van der Waals surface area contributed by atoms with Crippen molar-refractivity contribution in [1.82, 2.24) is 10.1 Å². The average Bonchev–Trinajstić information content (AvgIpc) is 2.64. The third kappa shape index (κ3) is 2.01. The van der Waals surface area contributed by atoms with E-state index in [1.54, 1.807) is 13.0 Å². The van der Waals surface area contributed by atoms with Crippen molar-refractivity contribution in [3.8, 4) is 11.4 Å². The minimum absolute atomic E-state index is 0.107. The Bertz CT molecular complexity index is 553. The van der Waals surface area contributed by atoms with Gasteiger partial charge in [0.2, 0.25) is 11.7 Å². The normalized spacial score (nSPS) is 10.4. The Morgan fingerprint density at radius 1 is 1.44 bits per heavy atom. The van der Waals surface area contributed by atoms with E-state index in [0.29, 0.717) is 11.5 Å². The molecule has 1 aromatic heterocycles. The first-order valence-corrected chi connectivity index (χ1v) is 4.70. The van der Waals surface area contributed by atoms with Crippen LogP contribution in [0.2, 0.25) is 5.02 Å². The first-order valence-electron chi connectivity index (χ1n) is 4.32. The number of nitrogens with zero attached hydrogens (tertiary/aromatic N) is 3. The Balaban J connectivity index is 2.53. The Morgan fingerprint density at radius 3 is 2.75 bits per heavy atom. The van der Waals surface area contributed by atoms with Gasteiger partial charge in [0.25, 0.3) is 5.69 Å². The summed E-state index contributed by atoms with van der Waals surface area (Å²) >= 11 is 5.76. The highest BCUT2D eigenvalue weighted by atomic mass is 35.5. The molecule has 0 fully saturated rings. The Labute approximate surface area is 95.0 Å². The van der Waals surface area contributed by atoms with Crippen molar-refractivity contribution < 1.29 is 9.45 Å². The van der Waals surface area contributed by atoms with Gasteiger partial charge in [-0.25, -0.2) is 0 Å². The monoisotopic (exact) mass is 239 g/mol. The maximum Gasteiger partial charge on any atom is 0.271 e. The molecule has 0 amide bonds. The van der Waals surface area contributed by atoms with E-state index in [0.717, 1.165) is 0 Å². The van der Waals surface area contributed by atoms with Gasteiger partial charge >= 0.3 is 0 Å². The summed E-state index contributed by atoms with van der Waals surface area (Å²) < 4.78 is 4.79. The predicted molar refractivity (Wildman–Crippen MR) is 56.1 cm³/mol. The van der Waals surface area contributed by atoms with Crippen molar-refractivity contribution in [3.05, 3.63) is 39.2 Å². The van der Waals surface area contributed by atoms with Gasteiger partial charge < -0.3 is 4.52 Å². The fraction of sp³-hybridized carbons (Fsp3) is 0.111. The number of nitro benzene ring substituents is 1. The molecule has 0 spiro atoms. The molecule has 16 heavy (non-hydrogen) atoms. The van der Waals surface area contributed by atoms with Gasteiger partial charge in [-0.2, -0.15) is 4.98 Å². The number of aromatic nitrogens is 2. The highest BCUT2D eigenvalue weighted by molar-refractivity contribution is 6.31. The lowest BCUT2D eigenvalue weighted by atomic mass is 10.2. The summed E-state index contributed by atoms with van der Waals surface area (Å²) in [4.78, 5) is 14.1. The summed E-state index contributed by atoms with van der Waals surface area (Å²) in [6, 6.07) is 4.15. The van der Waals surface area contributed by atoms with Crippen molar-refractivity contribution in [3.63, 3.8) is 0 Å². The molecule has 0 aliphatic heterocycles. The molecule has 0 saturated carbocycles. The summed E-state index contributed by atoms with van der Waals surface area (Å²) in [7, 11) is 0. The van der Waals surface area contributed by atoms with Crippen LogP contribution in [-0.2, 0) is 0 Å². The van der Waals surface area contributed by atoms with Gasteiger partial charge in [-0.3, -0.25) is 10.1 Å². The molecule has 0 unspecified atom stereocenters. The molecule has 0 aliphatic carbocycles. The number of nitro groups is 1. The number of hydrogen-bond acceptors (Lipinski definition) is 5. The molecular weight excluding hydrogens is 234 g/mol. The Morgan fingerprint density at radius 2 is 2.19 bits per heavy atom. The van der Waals surface area contributed by atoms with Crippen LogP contribution in [0, 0.1) is 17.0 Å². The summed E-state index contributed by atoms with van der Waals surface area (Å²) in [6.45, 7) is 1.63. The SMILES string of the molecule is Cc1nc(-c2cc(Cl)cc([N+](=O)[O-])c2)no1. The maximum atomic E-state index is 10.6. The number of aryl methyl sites for hydroxylation is 1. The van der Waals surface area contributed by atoms with Gasteiger partial charge in [0.1, 0.15) is 0 Å². The molecular formula is C9H6ClN3O3. The van der Waals surface area contributed by atoms with Crippen molar-refractivity contribution in [2.24, 2.45) is 0 Å². The summed E-state index contributed by atoms with van der Waals surface area (Å²) in [5, 5.41) is 14.5. The van der Waals surface area contributed by atoms with Crippen LogP contribution >= 0.6 is 11.6 Å². The number of benzene rings is 1. The van der Waals surface area contributed by atoms with Gasteiger partial charge in [-0.15, -0.1) is 0 Å². The average molecular weight is 240 g/mol. The lowest BCUT2D eigenvalue weighted by molar-refractivity contribution is -0.384. The molecule has 1 aromatic carbocycles. The van der Waals surface area contributed by atoms with Crippen LogP contribution < -0.4 is 0 Å². The molecule has 0 saturated heterocycles. The molecule has 1 heterocycles. The van der Waals surface area contributed by atoms with Gasteiger partial charge in [-0.1, -0.05) is 16.8 Å². The Hall–Kier alpha value is -1.95. The van der Waals surface area contributed by atoms with Crippen LogP contribution in [0.5, 0.6) is 0 Å². The number of non-ortho nitro benzene ring substituents is 1. The molecule has 0 N–H and O–H groups in total. The minimum atomic E-state index is -0.525. The molecule has 2 rings (SSSR count). The number of hydrogen-bond donors (Lipinski definition) is 0. The lowest BCUT2D eigenvalue weighted by Crippen LogP contribution is -1.89. The highest BCUT2D eigenvalue weighted by Crippen LogP contribution is 2.26. The van der Waals surface area contributed by atoms with E-state index in [9.17, 15) is 10.1 Å². The van der Waals surface area contributed by atoms with Crippen molar-refractivity contribution in [2.45, 2.75) is 6.92 Å². The van der Waals surface area contributed by atoms with Gasteiger partial charge in [0.05, 0.1) is 4.92 Å². The van der Waals surface area contributed by atoms with E-state index < -0.39 is 4.92 Å². The van der Waals surface area contributed by atoms with Crippen LogP contribution in [0.15, 0.2) is 22.7 Å². The fourth-order valence-corrected chi connectivity index (χ4v) is 1.45. The molecule has 0 bridgehead atoms. The molecule has 0 aliphatic rings. The van der Waals surface area contributed by atoms with Crippen LogP contribution in [0.3, 0.4) is 0 Å².